The van der Waals surface area contributed by atoms with Gasteiger partial charge in [0.05, 0.1) is 6.33 Å². The molecule has 0 aliphatic carbocycles. The van der Waals surface area contributed by atoms with E-state index in [2.05, 4.69) is 10.3 Å². The molecule has 0 unspecified atom stereocenters. The van der Waals surface area contributed by atoms with Gasteiger partial charge in [-0.1, -0.05) is 29.8 Å². The third-order valence-corrected chi connectivity index (χ3v) is 6.84. The lowest BCUT2D eigenvalue weighted by Crippen LogP contribution is -2.38. The first-order valence-electron chi connectivity index (χ1n) is 9.08. The minimum Gasteiger partial charge on any atom is -0.373 e. The molecule has 1 fully saturated rings. The second-order valence-electron chi connectivity index (χ2n) is 7.04. The van der Waals surface area contributed by atoms with E-state index < -0.39 is 33.7 Å². The van der Waals surface area contributed by atoms with Crippen molar-refractivity contribution < 1.29 is 17.6 Å². The van der Waals surface area contributed by atoms with E-state index in [-0.39, 0.29) is 11.6 Å². The van der Waals surface area contributed by atoms with Gasteiger partial charge >= 0.3 is 0 Å². The number of rotatable bonds is 5. The van der Waals surface area contributed by atoms with Crippen molar-refractivity contribution in [1.29, 1.82) is 0 Å². The highest BCUT2D eigenvalue weighted by molar-refractivity contribution is 7.89. The summed E-state index contributed by atoms with van der Waals surface area (Å²) in [6, 6.07) is 11.6. The largest absolute Gasteiger partial charge is 0.373 e. The zero-order chi connectivity index (χ0) is 21.5. The zero-order valence-corrected chi connectivity index (χ0v) is 17.4. The van der Waals surface area contributed by atoms with Gasteiger partial charge in [-0.15, -0.1) is 0 Å². The topological polar surface area (TPSA) is 84.3 Å². The van der Waals surface area contributed by atoms with Gasteiger partial charge in [0.2, 0.25) is 0 Å². The number of anilines is 1. The smallest absolute Gasteiger partial charge is 0.285 e. The molecule has 2 aromatic carbocycles. The third kappa shape index (κ3) is 3.78. The molecular weight excluding hydrogens is 431 g/mol. The summed E-state index contributed by atoms with van der Waals surface area (Å²) < 4.78 is 41.9. The Morgan fingerprint density at radius 1 is 1.20 bits per heavy atom. The Morgan fingerprint density at radius 3 is 2.57 bits per heavy atom. The second kappa shape index (κ2) is 7.73. The fourth-order valence-electron chi connectivity index (χ4n) is 3.48. The predicted molar refractivity (Wildman–Crippen MR) is 110 cm³/mol. The number of nitrogens with zero attached hydrogens (tertiary/aromatic N) is 3. The highest BCUT2D eigenvalue weighted by atomic mass is 35.5. The second-order valence-corrected chi connectivity index (χ2v) is 9.29. The number of halogens is 2. The number of aromatic nitrogens is 2. The predicted octanol–water partition coefficient (Wildman–Crippen LogP) is 3.01. The first-order valence-corrected chi connectivity index (χ1v) is 10.9. The van der Waals surface area contributed by atoms with Crippen LogP contribution in [-0.2, 0) is 21.9 Å². The van der Waals surface area contributed by atoms with E-state index in [1.165, 1.54) is 29.2 Å². The van der Waals surface area contributed by atoms with E-state index >= 15 is 0 Å². The molecule has 1 aliphatic heterocycles. The Kier molecular flexibility index (Phi) is 5.25. The molecule has 156 valence electrons. The standard InChI is InChI=1S/C20H18ClFN4O3S/c1-25-11-18(23-12-25)30(28,29)26-10-17(13-5-7-15(22)8-6-13)19(20(26)27)24-16-4-2-3-14(21)9-16/h2-9,11-12,17,19,24H,10H2,1H3/t17-,19-/m0/s1. The van der Waals surface area contributed by atoms with Crippen molar-refractivity contribution in [3.05, 3.63) is 77.5 Å². The molecule has 2 atom stereocenters. The lowest BCUT2D eigenvalue weighted by atomic mass is 9.94. The Labute approximate surface area is 178 Å². The zero-order valence-electron chi connectivity index (χ0n) is 15.9. The van der Waals surface area contributed by atoms with Crippen molar-refractivity contribution in [3.8, 4) is 0 Å². The molecule has 0 radical (unpaired) electrons. The van der Waals surface area contributed by atoms with E-state index in [9.17, 15) is 17.6 Å². The molecule has 7 nitrogen and oxygen atoms in total. The minimum absolute atomic E-state index is 0.0956. The van der Waals surface area contributed by atoms with E-state index in [1.807, 2.05) is 0 Å². The van der Waals surface area contributed by atoms with Crippen LogP contribution in [0.4, 0.5) is 10.1 Å². The van der Waals surface area contributed by atoms with Crippen LogP contribution in [0.15, 0.2) is 66.1 Å². The average molecular weight is 449 g/mol. The van der Waals surface area contributed by atoms with Crippen molar-refractivity contribution in [3.63, 3.8) is 0 Å². The molecule has 1 amide bonds. The Morgan fingerprint density at radius 2 is 1.93 bits per heavy atom. The average Bonchev–Trinajstić information content (AvgIpc) is 3.28. The van der Waals surface area contributed by atoms with Crippen LogP contribution in [0.3, 0.4) is 0 Å². The van der Waals surface area contributed by atoms with Crippen molar-refractivity contribution >= 4 is 33.2 Å². The lowest BCUT2D eigenvalue weighted by Gasteiger charge is -2.19. The molecule has 2 heterocycles. The van der Waals surface area contributed by atoms with E-state index in [4.69, 9.17) is 11.6 Å². The van der Waals surface area contributed by atoms with Gasteiger partial charge < -0.3 is 9.88 Å². The normalized spacial score (nSPS) is 19.3. The van der Waals surface area contributed by atoms with Crippen LogP contribution >= 0.6 is 11.6 Å². The monoisotopic (exact) mass is 448 g/mol. The molecule has 4 rings (SSSR count). The minimum atomic E-state index is -4.14. The van der Waals surface area contributed by atoms with Crippen LogP contribution < -0.4 is 5.32 Å². The number of carbonyl (C=O) groups is 1. The number of imidazole rings is 1. The van der Waals surface area contributed by atoms with E-state index in [0.29, 0.717) is 16.3 Å². The number of aryl methyl sites for hydroxylation is 1. The summed E-state index contributed by atoms with van der Waals surface area (Å²) in [7, 11) is -2.50. The van der Waals surface area contributed by atoms with Crippen LogP contribution in [0.2, 0.25) is 5.02 Å². The van der Waals surface area contributed by atoms with Crippen molar-refractivity contribution in [2.45, 2.75) is 17.0 Å². The van der Waals surface area contributed by atoms with Gasteiger partial charge in [-0.05, 0) is 35.9 Å². The van der Waals surface area contributed by atoms with Gasteiger partial charge in [-0.3, -0.25) is 4.79 Å². The highest BCUT2D eigenvalue weighted by Crippen LogP contribution is 2.34. The molecular formula is C20H18ClFN4O3S. The van der Waals surface area contributed by atoms with E-state index in [1.54, 1.807) is 43.4 Å². The third-order valence-electron chi connectivity index (χ3n) is 4.96. The van der Waals surface area contributed by atoms with Crippen LogP contribution in [0.5, 0.6) is 0 Å². The molecule has 1 aromatic heterocycles. The van der Waals surface area contributed by atoms with Gasteiger partial charge in [0.1, 0.15) is 11.9 Å². The summed E-state index contributed by atoms with van der Waals surface area (Å²) in [5.74, 6) is -1.56. The summed E-state index contributed by atoms with van der Waals surface area (Å²) >= 11 is 6.04. The maximum atomic E-state index is 13.4. The van der Waals surface area contributed by atoms with Crippen molar-refractivity contribution in [2.75, 3.05) is 11.9 Å². The lowest BCUT2D eigenvalue weighted by molar-refractivity contribution is -0.124. The molecule has 3 aromatic rings. The number of sulfonamides is 1. The molecule has 10 heteroatoms. The maximum Gasteiger partial charge on any atom is 0.285 e. The highest BCUT2D eigenvalue weighted by Gasteiger charge is 2.47. The van der Waals surface area contributed by atoms with Gasteiger partial charge in [-0.25, -0.2) is 13.7 Å². The summed E-state index contributed by atoms with van der Waals surface area (Å²) in [6.07, 6.45) is 2.69. The number of benzene rings is 2. The fraction of sp³-hybridized carbons (Fsp3) is 0.200. The summed E-state index contributed by atoms with van der Waals surface area (Å²) in [5, 5.41) is 3.36. The number of carbonyl (C=O) groups excluding carboxylic acids is 1. The summed E-state index contributed by atoms with van der Waals surface area (Å²) in [5.41, 5.74) is 1.22. The molecule has 30 heavy (non-hydrogen) atoms. The molecule has 1 aliphatic rings. The van der Waals surface area contributed by atoms with Gasteiger partial charge in [0.15, 0.2) is 5.03 Å². The first-order chi connectivity index (χ1) is 14.3. The maximum absolute atomic E-state index is 13.4. The summed E-state index contributed by atoms with van der Waals surface area (Å²) in [4.78, 5) is 17.1. The molecule has 1 N–H and O–H groups in total. The van der Waals surface area contributed by atoms with Crippen LogP contribution in [0.25, 0.3) is 0 Å². The van der Waals surface area contributed by atoms with E-state index in [0.717, 1.165) is 4.31 Å². The van der Waals surface area contributed by atoms with Gasteiger partial charge in [0.25, 0.3) is 15.9 Å². The number of amides is 1. The Bertz CT molecular complexity index is 1200. The fourth-order valence-corrected chi connectivity index (χ4v) is 5.08. The summed E-state index contributed by atoms with van der Waals surface area (Å²) in [6.45, 7) is -0.0956. The van der Waals surface area contributed by atoms with Crippen molar-refractivity contribution in [2.24, 2.45) is 7.05 Å². The van der Waals surface area contributed by atoms with Crippen LogP contribution in [0.1, 0.15) is 11.5 Å². The molecule has 0 spiro atoms. The van der Waals surface area contributed by atoms with Gasteiger partial charge in [-0.2, -0.15) is 8.42 Å². The molecule has 0 bridgehead atoms. The quantitative estimate of drug-likeness (QED) is 0.648. The van der Waals surface area contributed by atoms with Crippen LogP contribution in [0, 0.1) is 5.82 Å². The number of hydrogen-bond acceptors (Lipinski definition) is 5. The SMILES string of the molecule is Cn1cnc(S(=O)(=O)N2C[C@@H](c3ccc(F)cc3)[C@H](Nc3cccc(Cl)c3)C2=O)c1. The Hall–Kier alpha value is -2.91. The molecule has 0 saturated carbocycles. The number of hydrogen-bond donors (Lipinski definition) is 1. The Balaban J connectivity index is 1.73. The first kappa shape index (κ1) is 20.4. The van der Waals surface area contributed by atoms with Gasteiger partial charge in [0, 0.05) is 36.4 Å². The van der Waals surface area contributed by atoms with Crippen LogP contribution in [-0.4, -0.2) is 40.8 Å². The van der Waals surface area contributed by atoms with Crippen molar-refractivity contribution in [1.82, 2.24) is 13.9 Å². The molecule has 1 saturated heterocycles. The number of nitrogens with one attached hydrogen (secondary N) is 1.